The second-order valence-corrected chi connectivity index (χ2v) is 7.32. The highest BCUT2D eigenvalue weighted by atomic mass is 14.8. The van der Waals surface area contributed by atoms with E-state index in [1.165, 1.54) is 22.3 Å². The van der Waals surface area contributed by atoms with Gasteiger partial charge in [0, 0.05) is 49.7 Å². The van der Waals surface area contributed by atoms with Crippen LogP contribution in [0.15, 0.2) is 71.5 Å². The van der Waals surface area contributed by atoms with Gasteiger partial charge in [-0.2, -0.15) is 0 Å². The standard InChI is InChI=1S/C25H25N3.H2/c1-16(2)25(17(3)26-4)20-14-22-21(9-11-24(22)28-15-20)18-8-10-23-19(13-18)7-5-6-12-27-23;/h5-6,8-10,12-15,26H,1,7,11H2,2-4H3;1H/b25-17+;. The SMILES string of the molecule is C=C(C)/C(=C(/C)NC)c1cnc2c(c1)C(c1ccc3c(c1)CC=CC=N3)=CC2.[HH]. The van der Waals surface area contributed by atoms with Crippen LogP contribution >= 0.6 is 0 Å². The van der Waals surface area contributed by atoms with Gasteiger partial charge in [0.1, 0.15) is 0 Å². The first kappa shape index (κ1) is 18.2. The molecule has 1 aliphatic carbocycles. The molecule has 0 saturated heterocycles. The first-order valence-corrected chi connectivity index (χ1v) is 9.65. The lowest BCUT2D eigenvalue weighted by Gasteiger charge is -2.15. The van der Waals surface area contributed by atoms with Crippen molar-refractivity contribution >= 4 is 23.0 Å². The monoisotopic (exact) mass is 369 g/mol. The molecule has 0 atom stereocenters. The predicted molar refractivity (Wildman–Crippen MR) is 121 cm³/mol. The summed E-state index contributed by atoms with van der Waals surface area (Å²) >= 11 is 0. The molecule has 3 nitrogen and oxygen atoms in total. The average Bonchev–Trinajstić information content (AvgIpc) is 2.96. The van der Waals surface area contributed by atoms with E-state index in [1.54, 1.807) is 0 Å². The van der Waals surface area contributed by atoms with Gasteiger partial charge in [0.15, 0.2) is 0 Å². The highest BCUT2D eigenvalue weighted by molar-refractivity contribution is 5.88. The third kappa shape index (κ3) is 3.24. The van der Waals surface area contributed by atoms with E-state index in [4.69, 9.17) is 4.98 Å². The zero-order valence-corrected chi connectivity index (χ0v) is 16.7. The summed E-state index contributed by atoms with van der Waals surface area (Å²) in [7, 11) is 1.94. The minimum absolute atomic E-state index is 0. The summed E-state index contributed by atoms with van der Waals surface area (Å²) < 4.78 is 0. The first-order chi connectivity index (χ1) is 13.6. The molecule has 2 aliphatic rings. The summed E-state index contributed by atoms with van der Waals surface area (Å²) in [5, 5.41) is 3.25. The second kappa shape index (κ2) is 7.43. The fourth-order valence-corrected chi connectivity index (χ4v) is 3.94. The number of benzene rings is 1. The van der Waals surface area contributed by atoms with Crippen molar-refractivity contribution in [2.75, 3.05) is 7.05 Å². The molecule has 2 aromatic rings. The van der Waals surface area contributed by atoms with Crippen LogP contribution in [0, 0.1) is 0 Å². The van der Waals surface area contributed by atoms with Crippen molar-refractivity contribution in [3.8, 4) is 0 Å². The summed E-state index contributed by atoms with van der Waals surface area (Å²) in [4.78, 5) is 9.29. The molecule has 0 spiro atoms. The van der Waals surface area contributed by atoms with Crippen molar-refractivity contribution < 1.29 is 1.43 Å². The van der Waals surface area contributed by atoms with Crippen LogP contribution < -0.4 is 5.32 Å². The van der Waals surface area contributed by atoms with E-state index in [0.29, 0.717) is 0 Å². The summed E-state index contributed by atoms with van der Waals surface area (Å²) in [6.45, 7) is 8.29. The number of aromatic nitrogens is 1. The van der Waals surface area contributed by atoms with Crippen molar-refractivity contribution in [2.24, 2.45) is 4.99 Å². The van der Waals surface area contributed by atoms with E-state index in [2.05, 4.69) is 60.2 Å². The third-order valence-electron chi connectivity index (χ3n) is 5.39. The van der Waals surface area contributed by atoms with Crippen molar-refractivity contribution in [1.82, 2.24) is 10.3 Å². The maximum absolute atomic E-state index is 4.77. The number of hydrogen-bond donors (Lipinski definition) is 1. The molecule has 2 heterocycles. The quantitative estimate of drug-likeness (QED) is 0.707. The largest absolute Gasteiger partial charge is 0.391 e. The number of allylic oxidation sites excluding steroid dienone is 6. The molecule has 28 heavy (non-hydrogen) atoms. The molecule has 0 unspecified atom stereocenters. The van der Waals surface area contributed by atoms with Gasteiger partial charge in [-0.25, -0.2) is 0 Å². The topological polar surface area (TPSA) is 37.3 Å². The molecule has 1 aliphatic heterocycles. The van der Waals surface area contributed by atoms with E-state index in [9.17, 15) is 0 Å². The first-order valence-electron chi connectivity index (χ1n) is 9.65. The lowest BCUT2D eigenvalue weighted by molar-refractivity contribution is 0.991. The van der Waals surface area contributed by atoms with Crippen LogP contribution in [0.5, 0.6) is 0 Å². The van der Waals surface area contributed by atoms with Crippen LogP contribution in [-0.4, -0.2) is 18.2 Å². The van der Waals surface area contributed by atoms with Crippen LogP contribution in [-0.2, 0) is 12.8 Å². The summed E-state index contributed by atoms with van der Waals surface area (Å²) in [5.74, 6) is 0. The van der Waals surface area contributed by atoms with E-state index >= 15 is 0 Å². The van der Waals surface area contributed by atoms with Gasteiger partial charge in [-0.3, -0.25) is 9.98 Å². The zero-order chi connectivity index (χ0) is 19.7. The Kier molecular flexibility index (Phi) is 4.82. The van der Waals surface area contributed by atoms with Gasteiger partial charge in [0.25, 0.3) is 0 Å². The van der Waals surface area contributed by atoms with E-state index < -0.39 is 0 Å². The number of hydrogen-bond acceptors (Lipinski definition) is 3. The molecule has 0 bridgehead atoms. The average molecular weight is 370 g/mol. The molecule has 4 rings (SSSR count). The lowest BCUT2D eigenvalue weighted by atomic mass is 9.93. The van der Waals surface area contributed by atoms with Gasteiger partial charge < -0.3 is 5.32 Å². The summed E-state index contributed by atoms with van der Waals surface area (Å²) in [6, 6.07) is 8.82. The molecule has 3 heteroatoms. The van der Waals surface area contributed by atoms with Crippen molar-refractivity contribution in [3.05, 3.63) is 94.5 Å². The Morgan fingerprint density at radius 1 is 1.18 bits per heavy atom. The Morgan fingerprint density at radius 2 is 2.04 bits per heavy atom. The summed E-state index contributed by atoms with van der Waals surface area (Å²) in [5.41, 5.74) is 11.5. The van der Waals surface area contributed by atoms with Gasteiger partial charge in [-0.1, -0.05) is 24.8 Å². The fraction of sp³-hybridized carbons (Fsp3) is 0.200. The number of fused-ring (bicyclic) bond motifs is 2. The molecule has 0 amide bonds. The maximum Gasteiger partial charge on any atom is 0.0665 e. The van der Waals surface area contributed by atoms with Gasteiger partial charge in [-0.05, 0) is 66.8 Å². The van der Waals surface area contributed by atoms with Crippen molar-refractivity contribution in [2.45, 2.75) is 26.7 Å². The fourth-order valence-electron chi connectivity index (χ4n) is 3.94. The lowest BCUT2D eigenvalue weighted by Crippen LogP contribution is -2.07. The molecular formula is C25H27N3. The molecule has 0 fully saturated rings. The van der Waals surface area contributed by atoms with E-state index in [0.717, 1.165) is 46.6 Å². The maximum atomic E-state index is 4.77. The summed E-state index contributed by atoms with van der Waals surface area (Å²) in [6.07, 6.45) is 12.1. The molecule has 1 aromatic heterocycles. The molecule has 0 saturated carbocycles. The normalized spacial score (nSPS) is 15.3. The van der Waals surface area contributed by atoms with Crippen LogP contribution in [0.25, 0.3) is 11.1 Å². The number of pyridine rings is 1. The Labute approximate surface area is 168 Å². The molecular weight excluding hydrogens is 342 g/mol. The predicted octanol–water partition coefficient (Wildman–Crippen LogP) is 5.66. The number of nitrogens with zero attached hydrogens (tertiary/aromatic N) is 2. The zero-order valence-electron chi connectivity index (χ0n) is 16.7. The Hall–Kier alpha value is -3.20. The van der Waals surface area contributed by atoms with Crippen LogP contribution in [0.2, 0.25) is 0 Å². The Bertz CT molecular complexity index is 1090. The Morgan fingerprint density at radius 3 is 2.82 bits per heavy atom. The van der Waals surface area contributed by atoms with Gasteiger partial charge in [-0.15, -0.1) is 0 Å². The highest BCUT2D eigenvalue weighted by Crippen LogP contribution is 2.36. The van der Waals surface area contributed by atoms with Crippen LogP contribution in [0.4, 0.5) is 5.69 Å². The minimum Gasteiger partial charge on any atom is -0.391 e. The van der Waals surface area contributed by atoms with E-state index in [-0.39, 0.29) is 1.43 Å². The smallest absolute Gasteiger partial charge is 0.0665 e. The van der Waals surface area contributed by atoms with Crippen molar-refractivity contribution in [3.63, 3.8) is 0 Å². The molecule has 142 valence electrons. The van der Waals surface area contributed by atoms with Gasteiger partial charge >= 0.3 is 0 Å². The third-order valence-corrected chi connectivity index (χ3v) is 5.39. The number of aliphatic imine (C=N–C) groups is 1. The van der Waals surface area contributed by atoms with Crippen molar-refractivity contribution in [1.29, 1.82) is 0 Å². The number of nitrogens with one attached hydrogen (secondary N) is 1. The van der Waals surface area contributed by atoms with Gasteiger partial charge in [0.05, 0.1) is 11.4 Å². The van der Waals surface area contributed by atoms with Crippen LogP contribution in [0.3, 0.4) is 0 Å². The number of rotatable bonds is 4. The molecule has 1 N–H and O–H groups in total. The second-order valence-electron chi connectivity index (χ2n) is 7.32. The highest BCUT2D eigenvalue weighted by Gasteiger charge is 2.20. The molecule has 0 radical (unpaired) electrons. The molecule has 1 aromatic carbocycles. The van der Waals surface area contributed by atoms with E-state index in [1.807, 2.05) is 32.5 Å². The van der Waals surface area contributed by atoms with Crippen LogP contribution in [0.1, 0.15) is 43.2 Å². The van der Waals surface area contributed by atoms with Gasteiger partial charge in [0.2, 0.25) is 0 Å². The Balaban J connectivity index is 0.00000240. The minimum atomic E-state index is 0.